The van der Waals surface area contributed by atoms with Crippen LogP contribution < -0.4 is 0 Å². The van der Waals surface area contributed by atoms with Crippen LogP contribution in [0, 0.1) is 0 Å². The van der Waals surface area contributed by atoms with Crippen molar-refractivity contribution in [3.05, 3.63) is 47.5 Å². The van der Waals surface area contributed by atoms with Crippen LogP contribution in [-0.4, -0.2) is 35.6 Å². The largest absolute Gasteiger partial charge is 0.459 e. The summed E-state index contributed by atoms with van der Waals surface area (Å²) in [4.78, 5) is 45.0. The van der Waals surface area contributed by atoms with Gasteiger partial charge in [0.15, 0.2) is 0 Å². The lowest BCUT2D eigenvalue weighted by Crippen LogP contribution is -2.15. The zero-order chi connectivity index (χ0) is 16.7. The van der Waals surface area contributed by atoms with Gasteiger partial charge in [-0.15, -0.1) is 0 Å². The van der Waals surface area contributed by atoms with Crippen LogP contribution in [0.2, 0.25) is 0 Å². The molecule has 0 atom stereocenters. The number of halogens is 2. The minimum atomic E-state index is -0.940. The van der Waals surface area contributed by atoms with E-state index in [0.29, 0.717) is 0 Å². The van der Waals surface area contributed by atoms with Crippen molar-refractivity contribution in [2.24, 2.45) is 0 Å². The molecule has 1 aromatic rings. The molecule has 0 radical (unpaired) electrons. The number of hydrogen-bond donors (Lipinski definition) is 0. The van der Waals surface area contributed by atoms with Crippen LogP contribution in [0.1, 0.15) is 31.1 Å². The third-order valence-electron chi connectivity index (χ3n) is 2.41. The highest BCUT2D eigenvalue weighted by atomic mass is 35.5. The molecule has 8 heteroatoms. The van der Waals surface area contributed by atoms with Crippen molar-refractivity contribution in [3.63, 3.8) is 0 Å². The van der Waals surface area contributed by atoms with Crippen LogP contribution in [-0.2, 0) is 14.3 Å². The van der Waals surface area contributed by atoms with E-state index in [0.717, 1.165) is 12.1 Å². The second-order valence-electron chi connectivity index (χ2n) is 3.82. The number of rotatable bonds is 7. The topological polar surface area (TPSA) is 86.7 Å². The van der Waals surface area contributed by atoms with E-state index in [2.05, 4.69) is 11.3 Å². The van der Waals surface area contributed by atoms with Crippen LogP contribution >= 0.6 is 23.2 Å². The van der Waals surface area contributed by atoms with Gasteiger partial charge in [-0.05, 0) is 41.4 Å². The number of esters is 2. The molecule has 0 spiro atoms. The molecule has 0 fully saturated rings. The van der Waals surface area contributed by atoms with Crippen molar-refractivity contribution < 1.29 is 28.7 Å². The predicted octanol–water partition coefficient (Wildman–Crippen LogP) is 2.33. The Morgan fingerprint density at radius 1 is 1.00 bits per heavy atom. The first kappa shape index (κ1) is 17.9. The Hall–Kier alpha value is -2.18. The number of ether oxygens (including phenoxy) is 2. The van der Waals surface area contributed by atoms with E-state index in [1.165, 1.54) is 12.1 Å². The third-order valence-corrected chi connectivity index (χ3v) is 2.83. The minimum absolute atomic E-state index is 0.0159. The molecule has 6 nitrogen and oxygen atoms in total. The molecule has 22 heavy (non-hydrogen) atoms. The van der Waals surface area contributed by atoms with Crippen LogP contribution in [0.15, 0.2) is 30.9 Å². The van der Waals surface area contributed by atoms with E-state index in [1.54, 1.807) is 0 Å². The number of hydrogen-bond acceptors (Lipinski definition) is 6. The Morgan fingerprint density at radius 2 is 1.64 bits per heavy atom. The van der Waals surface area contributed by atoms with Crippen LogP contribution in [0.25, 0.3) is 0 Å². The Bertz CT molecular complexity index is 638. The van der Waals surface area contributed by atoms with Crippen LogP contribution in [0.4, 0.5) is 0 Å². The maximum Gasteiger partial charge on any atom is 0.339 e. The number of carbonyl (C=O) groups excluding carboxylic acids is 4. The molecule has 0 unspecified atom stereocenters. The highest BCUT2D eigenvalue weighted by molar-refractivity contribution is 6.69. The molecular weight excluding hydrogens is 335 g/mol. The van der Waals surface area contributed by atoms with E-state index < -0.39 is 22.4 Å². The van der Waals surface area contributed by atoms with Crippen LogP contribution in [0.3, 0.4) is 0 Å². The summed E-state index contributed by atoms with van der Waals surface area (Å²) >= 11 is 10.7. The van der Waals surface area contributed by atoms with Gasteiger partial charge in [-0.2, -0.15) is 0 Å². The highest BCUT2D eigenvalue weighted by Gasteiger charge is 2.19. The summed E-state index contributed by atoms with van der Waals surface area (Å²) in [6.07, 6.45) is 0.966. The van der Waals surface area contributed by atoms with Gasteiger partial charge in [-0.1, -0.05) is 6.58 Å². The predicted molar refractivity (Wildman–Crippen MR) is 78.2 cm³/mol. The lowest BCUT2D eigenvalue weighted by Gasteiger charge is -2.08. The van der Waals surface area contributed by atoms with Gasteiger partial charge in [0.05, 0.1) is 5.56 Å². The molecule has 0 N–H and O–H groups in total. The molecular formula is C14H10Cl2O6. The molecule has 0 aliphatic rings. The van der Waals surface area contributed by atoms with Crippen molar-refractivity contribution in [2.75, 3.05) is 13.2 Å². The number of benzene rings is 1. The minimum Gasteiger partial charge on any atom is -0.459 e. The summed E-state index contributed by atoms with van der Waals surface area (Å²) < 4.78 is 9.45. The van der Waals surface area contributed by atoms with Gasteiger partial charge >= 0.3 is 11.9 Å². The van der Waals surface area contributed by atoms with Gasteiger partial charge in [0.1, 0.15) is 13.2 Å². The average molecular weight is 345 g/mol. The molecule has 0 aliphatic carbocycles. The summed E-state index contributed by atoms with van der Waals surface area (Å²) in [5, 5.41) is -1.74. The Kier molecular flexibility index (Phi) is 6.75. The van der Waals surface area contributed by atoms with Gasteiger partial charge in [-0.3, -0.25) is 9.59 Å². The van der Waals surface area contributed by atoms with Crippen molar-refractivity contribution >= 4 is 45.6 Å². The molecule has 0 aromatic heterocycles. The van der Waals surface area contributed by atoms with Gasteiger partial charge in [0.2, 0.25) is 0 Å². The SMILES string of the molecule is C=CC(=O)OCCOC(=O)c1ccc(C(=O)Cl)cc1C(=O)Cl. The fraction of sp³-hybridized carbons (Fsp3) is 0.143. The normalized spacial score (nSPS) is 9.73. The first-order valence-corrected chi connectivity index (χ1v) is 6.62. The summed E-state index contributed by atoms with van der Waals surface area (Å²) in [5.41, 5.74) is -0.319. The van der Waals surface area contributed by atoms with E-state index >= 15 is 0 Å². The second kappa shape index (κ2) is 8.31. The van der Waals surface area contributed by atoms with Crippen molar-refractivity contribution in [1.29, 1.82) is 0 Å². The van der Waals surface area contributed by atoms with E-state index in [4.69, 9.17) is 27.9 Å². The molecule has 0 saturated carbocycles. The lowest BCUT2D eigenvalue weighted by molar-refractivity contribution is -0.138. The molecule has 116 valence electrons. The van der Waals surface area contributed by atoms with E-state index in [9.17, 15) is 19.2 Å². The van der Waals surface area contributed by atoms with Crippen LogP contribution in [0.5, 0.6) is 0 Å². The van der Waals surface area contributed by atoms with E-state index in [-0.39, 0.29) is 29.9 Å². The molecule has 0 amide bonds. The molecule has 0 bridgehead atoms. The second-order valence-corrected chi connectivity index (χ2v) is 4.50. The lowest BCUT2D eigenvalue weighted by atomic mass is 10.1. The van der Waals surface area contributed by atoms with Gasteiger partial charge < -0.3 is 9.47 Å². The van der Waals surface area contributed by atoms with Gasteiger partial charge in [0, 0.05) is 17.2 Å². The molecule has 0 aliphatic heterocycles. The zero-order valence-corrected chi connectivity index (χ0v) is 12.6. The van der Waals surface area contributed by atoms with Gasteiger partial charge in [-0.25, -0.2) is 9.59 Å². The van der Waals surface area contributed by atoms with E-state index in [1.807, 2.05) is 0 Å². The summed E-state index contributed by atoms with van der Waals surface area (Å²) in [5.74, 6) is -1.51. The monoisotopic (exact) mass is 344 g/mol. The fourth-order valence-electron chi connectivity index (χ4n) is 1.42. The van der Waals surface area contributed by atoms with Crippen molar-refractivity contribution in [3.8, 4) is 0 Å². The molecule has 1 aromatic carbocycles. The fourth-order valence-corrected chi connectivity index (χ4v) is 1.69. The smallest absolute Gasteiger partial charge is 0.339 e. The summed E-state index contributed by atoms with van der Waals surface area (Å²) in [6.45, 7) is 2.82. The Balaban J connectivity index is 2.80. The molecule has 1 rings (SSSR count). The van der Waals surface area contributed by atoms with Gasteiger partial charge in [0.25, 0.3) is 10.5 Å². The summed E-state index contributed by atoms with van der Waals surface area (Å²) in [7, 11) is 0. The quantitative estimate of drug-likeness (QED) is 0.326. The summed E-state index contributed by atoms with van der Waals surface area (Å²) in [6, 6.07) is 3.55. The average Bonchev–Trinajstić information content (AvgIpc) is 2.50. The molecule has 0 heterocycles. The Morgan fingerprint density at radius 3 is 2.18 bits per heavy atom. The standard InChI is InChI=1S/C14H10Cl2O6/c1-2-11(17)21-5-6-22-14(20)9-4-3-8(12(15)18)7-10(9)13(16)19/h2-4,7H,1,5-6H2. The maximum absolute atomic E-state index is 11.9. The first-order chi connectivity index (χ1) is 10.4. The zero-order valence-electron chi connectivity index (χ0n) is 11.1. The third kappa shape index (κ3) is 4.98. The number of carbonyl (C=O) groups is 4. The maximum atomic E-state index is 11.9. The van der Waals surface area contributed by atoms with Crippen molar-refractivity contribution in [2.45, 2.75) is 0 Å². The Labute approximate surface area is 135 Å². The first-order valence-electron chi connectivity index (χ1n) is 5.87. The molecule has 0 saturated heterocycles. The van der Waals surface area contributed by atoms with Crippen molar-refractivity contribution in [1.82, 2.24) is 0 Å². The highest BCUT2D eigenvalue weighted by Crippen LogP contribution is 2.17.